The number of nitrogens with zero attached hydrogens (tertiary/aromatic N) is 3. The first-order valence-electron chi connectivity index (χ1n) is 9.40. The standard InChI is InChI=1S/C20H21Cl3N4OS2/c1-4-5-13-6-12(9-29-13)19-25-26-20(27(19)11(2)3)30-10-18(28)24-17-8-15(22)14(21)7-16(17)23/h6-9,11H,4-5,10H2,1-3H3,(H,24,28). The van der Waals surface area contributed by atoms with Crippen molar-refractivity contribution in [3.05, 3.63) is 43.5 Å². The number of hydrogen-bond donors (Lipinski definition) is 1. The van der Waals surface area contributed by atoms with Gasteiger partial charge in [0.2, 0.25) is 5.91 Å². The second-order valence-corrected chi connectivity index (χ2v) is 10.1. The fourth-order valence-corrected chi connectivity index (χ4v) is 5.28. The number of carbonyl (C=O) groups is 1. The van der Waals surface area contributed by atoms with E-state index in [0.717, 1.165) is 24.2 Å². The highest BCUT2D eigenvalue weighted by atomic mass is 35.5. The maximum Gasteiger partial charge on any atom is 0.234 e. The van der Waals surface area contributed by atoms with Crippen molar-refractivity contribution in [3.8, 4) is 11.4 Å². The van der Waals surface area contributed by atoms with Gasteiger partial charge in [0.15, 0.2) is 11.0 Å². The fourth-order valence-electron chi connectivity index (χ4n) is 2.85. The molecule has 30 heavy (non-hydrogen) atoms. The smallest absolute Gasteiger partial charge is 0.234 e. The highest BCUT2D eigenvalue weighted by Gasteiger charge is 2.19. The Morgan fingerprint density at radius 1 is 1.17 bits per heavy atom. The second kappa shape index (κ2) is 10.4. The molecular formula is C20H21Cl3N4OS2. The van der Waals surface area contributed by atoms with Gasteiger partial charge in [-0.15, -0.1) is 21.5 Å². The van der Waals surface area contributed by atoms with Crippen LogP contribution in [0.15, 0.2) is 28.7 Å². The molecule has 2 aromatic heterocycles. The molecule has 10 heteroatoms. The number of halogens is 3. The van der Waals surface area contributed by atoms with E-state index in [2.05, 4.69) is 52.3 Å². The predicted molar refractivity (Wildman–Crippen MR) is 129 cm³/mol. The topological polar surface area (TPSA) is 59.8 Å². The largest absolute Gasteiger partial charge is 0.324 e. The lowest BCUT2D eigenvalue weighted by atomic mass is 10.2. The van der Waals surface area contributed by atoms with E-state index >= 15 is 0 Å². The average Bonchev–Trinajstić information content (AvgIpc) is 3.31. The number of carbonyl (C=O) groups excluding carboxylic acids is 1. The summed E-state index contributed by atoms with van der Waals surface area (Å²) >= 11 is 21.1. The summed E-state index contributed by atoms with van der Waals surface area (Å²) in [6.45, 7) is 6.32. The van der Waals surface area contributed by atoms with Crippen molar-refractivity contribution >= 4 is 69.5 Å². The molecule has 5 nitrogen and oxygen atoms in total. The number of thiophene rings is 1. The summed E-state index contributed by atoms with van der Waals surface area (Å²) in [6, 6.07) is 5.36. The van der Waals surface area contributed by atoms with Gasteiger partial charge in [-0.1, -0.05) is 59.9 Å². The van der Waals surface area contributed by atoms with Gasteiger partial charge >= 0.3 is 0 Å². The number of nitrogens with one attached hydrogen (secondary N) is 1. The molecule has 0 aliphatic rings. The van der Waals surface area contributed by atoms with Crippen LogP contribution in [0, 0.1) is 0 Å². The third kappa shape index (κ3) is 5.51. The van der Waals surface area contributed by atoms with Gasteiger partial charge in [-0.25, -0.2) is 0 Å². The normalized spacial score (nSPS) is 11.3. The van der Waals surface area contributed by atoms with Crippen LogP contribution in [0.1, 0.15) is 38.1 Å². The Bertz CT molecular complexity index is 1050. The molecule has 0 atom stereocenters. The maximum atomic E-state index is 12.4. The Morgan fingerprint density at radius 3 is 2.60 bits per heavy atom. The zero-order valence-electron chi connectivity index (χ0n) is 16.7. The molecule has 0 saturated heterocycles. The van der Waals surface area contributed by atoms with Gasteiger partial charge in [-0.2, -0.15) is 0 Å². The summed E-state index contributed by atoms with van der Waals surface area (Å²) in [5.74, 6) is 0.756. The lowest BCUT2D eigenvalue weighted by Crippen LogP contribution is -2.15. The van der Waals surface area contributed by atoms with Gasteiger partial charge < -0.3 is 5.32 Å². The van der Waals surface area contributed by atoms with Crippen LogP contribution >= 0.6 is 57.9 Å². The molecule has 0 aliphatic carbocycles. The van der Waals surface area contributed by atoms with Crippen molar-refractivity contribution in [2.45, 2.75) is 44.8 Å². The number of anilines is 1. The minimum Gasteiger partial charge on any atom is -0.324 e. The van der Waals surface area contributed by atoms with Crippen LogP contribution in [-0.2, 0) is 11.2 Å². The van der Waals surface area contributed by atoms with Gasteiger partial charge in [-0.3, -0.25) is 9.36 Å². The Hall–Kier alpha value is -1.25. The maximum absolute atomic E-state index is 12.4. The van der Waals surface area contributed by atoms with E-state index in [0.29, 0.717) is 25.9 Å². The summed E-state index contributed by atoms with van der Waals surface area (Å²) in [7, 11) is 0. The molecule has 3 aromatic rings. The van der Waals surface area contributed by atoms with Gasteiger partial charge in [-0.05, 0) is 38.5 Å². The Balaban J connectivity index is 1.73. The van der Waals surface area contributed by atoms with Gasteiger partial charge in [0.25, 0.3) is 0 Å². The first-order chi connectivity index (χ1) is 14.3. The monoisotopic (exact) mass is 502 g/mol. The van der Waals surface area contributed by atoms with Crippen LogP contribution in [0.2, 0.25) is 15.1 Å². The Kier molecular flexibility index (Phi) is 8.10. The molecule has 0 aliphatic heterocycles. The number of rotatable bonds is 8. The molecule has 0 fully saturated rings. The number of thioether (sulfide) groups is 1. The summed E-state index contributed by atoms with van der Waals surface area (Å²) in [6.07, 6.45) is 2.16. The summed E-state index contributed by atoms with van der Waals surface area (Å²) < 4.78 is 2.06. The van der Waals surface area contributed by atoms with Crippen molar-refractivity contribution in [2.75, 3.05) is 11.1 Å². The highest BCUT2D eigenvalue weighted by molar-refractivity contribution is 7.99. The van der Waals surface area contributed by atoms with Crippen molar-refractivity contribution in [1.82, 2.24) is 14.8 Å². The van der Waals surface area contributed by atoms with E-state index in [-0.39, 0.29) is 17.7 Å². The van der Waals surface area contributed by atoms with Crippen LogP contribution < -0.4 is 5.32 Å². The van der Waals surface area contributed by atoms with Gasteiger partial charge in [0, 0.05) is 21.9 Å². The number of aromatic nitrogens is 3. The van der Waals surface area contributed by atoms with Crippen LogP contribution in [0.5, 0.6) is 0 Å². The van der Waals surface area contributed by atoms with Crippen LogP contribution in [0.4, 0.5) is 5.69 Å². The first-order valence-corrected chi connectivity index (χ1v) is 12.4. The molecule has 1 N–H and O–H groups in total. The van der Waals surface area contributed by atoms with Crippen molar-refractivity contribution in [3.63, 3.8) is 0 Å². The molecular weight excluding hydrogens is 483 g/mol. The molecule has 0 unspecified atom stereocenters. The zero-order valence-corrected chi connectivity index (χ0v) is 20.6. The average molecular weight is 504 g/mol. The van der Waals surface area contributed by atoms with Crippen molar-refractivity contribution in [2.24, 2.45) is 0 Å². The molecule has 160 valence electrons. The molecule has 1 aromatic carbocycles. The molecule has 0 saturated carbocycles. The van der Waals surface area contributed by atoms with Crippen LogP contribution in [-0.4, -0.2) is 26.4 Å². The minimum atomic E-state index is -0.221. The van der Waals surface area contributed by atoms with Crippen LogP contribution in [0.3, 0.4) is 0 Å². The van der Waals surface area contributed by atoms with E-state index in [9.17, 15) is 4.79 Å². The third-order valence-corrected chi connectivity index (χ3v) is 7.18. The van der Waals surface area contributed by atoms with Gasteiger partial charge in [0.05, 0.1) is 26.5 Å². The Labute approximate surface area is 199 Å². The predicted octanol–water partition coefficient (Wildman–Crippen LogP) is 7.23. The quantitative estimate of drug-likeness (QED) is 0.260. The zero-order chi connectivity index (χ0) is 21.8. The number of benzene rings is 1. The number of amides is 1. The van der Waals surface area contributed by atoms with E-state index in [1.54, 1.807) is 11.3 Å². The SMILES string of the molecule is CCCc1cc(-c2nnc(SCC(=O)Nc3cc(Cl)c(Cl)cc3Cl)n2C(C)C)cs1. The molecule has 1 amide bonds. The highest BCUT2D eigenvalue weighted by Crippen LogP contribution is 2.33. The molecule has 2 heterocycles. The third-order valence-electron chi connectivity index (χ3n) is 4.21. The van der Waals surface area contributed by atoms with E-state index < -0.39 is 0 Å². The van der Waals surface area contributed by atoms with E-state index in [1.165, 1.54) is 28.8 Å². The van der Waals surface area contributed by atoms with E-state index in [1.807, 2.05) is 0 Å². The Morgan fingerprint density at radius 2 is 1.90 bits per heavy atom. The molecule has 3 rings (SSSR count). The summed E-state index contributed by atoms with van der Waals surface area (Å²) in [5.41, 5.74) is 1.48. The molecule has 0 spiro atoms. The summed E-state index contributed by atoms with van der Waals surface area (Å²) in [4.78, 5) is 13.8. The number of hydrogen-bond acceptors (Lipinski definition) is 5. The fraction of sp³-hybridized carbons (Fsp3) is 0.350. The molecule has 0 radical (unpaired) electrons. The lowest BCUT2D eigenvalue weighted by Gasteiger charge is -2.13. The second-order valence-electron chi connectivity index (χ2n) is 6.90. The van der Waals surface area contributed by atoms with Gasteiger partial charge in [0.1, 0.15) is 0 Å². The molecule has 0 bridgehead atoms. The summed E-state index contributed by atoms with van der Waals surface area (Å²) in [5, 5.41) is 15.3. The van der Waals surface area contributed by atoms with Crippen LogP contribution in [0.25, 0.3) is 11.4 Å². The minimum absolute atomic E-state index is 0.152. The van der Waals surface area contributed by atoms with Crippen molar-refractivity contribution in [1.29, 1.82) is 0 Å². The lowest BCUT2D eigenvalue weighted by molar-refractivity contribution is -0.113. The van der Waals surface area contributed by atoms with Crippen molar-refractivity contribution < 1.29 is 4.79 Å². The van der Waals surface area contributed by atoms with E-state index in [4.69, 9.17) is 34.8 Å². The number of aryl methyl sites for hydroxylation is 1. The first kappa shape index (κ1) is 23.4.